The van der Waals surface area contributed by atoms with Crippen molar-refractivity contribution in [2.45, 2.75) is 32.7 Å². The second-order valence-electron chi connectivity index (χ2n) is 4.78. The summed E-state index contributed by atoms with van der Waals surface area (Å²) in [6.07, 6.45) is 9.42. The summed E-state index contributed by atoms with van der Waals surface area (Å²) in [6.45, 7) is 4.68. The number of rotatable bonds is 4. The quantitative estimate of drug-likeness (QED) is 0.458. The highest BCUT2D eigenvalue weighted by Crippen LogP contribution is 2.30. The van der Waals surface area contributed by atoms with E-state index >= 15 is 0 Å². The van der Waals surface area contributed by atoms with Crippen LogP contribution >= 0.6 is 0 Å². The van der Waals surface area contributed by atoms with E-state index in [2.05, 4.69) is 31.2 Å². The average Bonchev–Trinajstić information content (AvgIpc) is 2.28. The van der Waals surface area contributed by atoms with Gasteiger partial charge in [0.1, 0.15) is 6.04 Å². The fourth-order valence-electron chi connectivity index (χ4n) is 2.59. The predicted octanol–water partition coefficient (Wildman–Crippen LogP) is 1.74. The Bertz CT molecular complexity index is 341. The Morgan fingerprint density at radius 1 is 1.76 bits per heavy atom. The number of nitrogens with one attached hydrogen (secondary N) is 1. The van der Waals surface area contributed by atoms with Crippen LogP contribution in [0.15, 0.2) is 11.6 Å². The van der Waals surface area contributed by atoms with E-state index in [1.54, 1.807) is 0 Å². The first-order valence-corrected chi connectivity index (χ1v) is 6.00. The first kappa shape index (κ1) is 13.8. The molecule has 3 nitrogen and oxygen atoms in total. The van der Waals surface area contributed by atoms with Gasteiger partial charge in [0, 0.05) is 0 Å². The van der Waals surface area contributed by atoms with Gasteiger partial charge < -0.3 is 4.74 Å². The first-order valence-electron chi connectivity index (χ1n) is 6.00. The Morgan fingerprint density at radius 3 is 3.00 bits per heavy atom. The van der Waals surface area contributed by atoms with Crippen LogP contribution in [0.2, 0.25) is 0 Å². The Labute approximate surface area is 104 Å². The van der Waals surface area contributed by atoms with Gasteiger partial charge in [-0.1, -0.05) is 24.5 Å². The zero-order valence-corrected chi connectivity index (χ0v) is 10.8. The average molecular weight is 235 g/mol. The van der Waals surface area contributed by atoms with E-state index in [0.29, 0.717) is 12.5 Å². The van der Waals surface area contributed by atoms with Crippen molar-refractivity contribution >= 4 is 5.97 Å². The first-order chi connectivity index (χ1) is 8.08. The van der Waals surface area contributed by atoms with Crippen LogP contribution in [-0.2, 0) is 9.53 Å². The summed E-state index contributed by atoms with van der Waals surface area (Å²) in [6, 6.07) is -0.290. The lowest BCUT2D eigenvalue weighted by Gasteiger charge is -2.31. The van der Waals surface area contributed by atoms with E-state index in [4.69, 9.17) is 11.2 Å². The largest absolute Gasteiger partial charge is 0.468 e. The third-order valence-corrected chi connectivity index (χ3v) is 3.18. The molecular weight excluding hydrogens is 214 g/mol. The number of hydrogen-bond donors (Lipinski definition) is 1. The molecule has 0 aromatic carbocycles. The van der Waals surface area contributed by atoms with Crippen LogP contribution in [0, 0.1) is 24.2 Å². The van der Waals surface area contributed by atoms with Gasteiger partial charge >= 0.3 is 5.97 Å². The molecule has 0 saturated carbocycles. The molecule has 0 amide bonds. The van der Waals surface area contributed by atoms with Gasteiger partial charge in [-0.15, -0.1) is 6.42 Å². The van der Waals surface area contributed by atoms with Crippen LogP contribution in [0.1, 0.15) is 26.7 Å². The van der Waals surface area contributed by atoms with Crippen LogP contribution in [0.25, 0.3) is 0 Å². The van der Waals surface area contributed by atoms with Crippen molar-refractivity contribution in [1.29, 1.82) is 0 Å². The molecule has 0 spiro atoms. The minimum Gasteiger partial charge on any atom is -0.468 e. The van der Waals surface area contributed by atoms with Gasteiger partial charge in [0.15, 0.2) is 0 Å². The van der Waals surface area contributed by atoms with Gasteiger partial charge in [0.25, 0.3) is 0 Å². The molecule has 0 heterocycles. The summed E-state index contributed by atoms with van der Waals surface area (Å²) in [7, 11) is 1.42. The number of carbonyl (C=O) groups is 1. The summed E-state index contributed by atoms with van der Waals surface area (Å²) < 4.78 is 4.84. The van der Waals surface area contributed by atoms with E-state index in [0.717, 1.165) is 12.8 Å². The molecule has 94 valence electrons. The van der Waals surface area contributed by atoms with Crippen LogP contribution < -0.4 is 5.32 Å². The Morgan fingerprint density at radius 2 is 2.47 bits per heavy atom. The molecule has 3 unspecified atom stereocenters. The minimum atomic E-state index is -0.290. The van der Waals surface area contributed by atoms with Gasteiger partial charge in [-0.2, -0.15) is 0 Å². The molecule has 0 saturated heterocycles. The third kappa shape index (κ3) is 3.90. The molecule has 0 aliphatic heterocycles. The van der Waals surface area contributed by atoms with Crippen molar-refractivity contribution in [2.75, 3.05) is 13.7 Å². The van der Waals surface area contributed by atoms with E-state index in [1.807, 2.05) is 0 Å². The van der Waals surface area contributed by atoms with Crippen molar-refractivity contribution < 1.29 is 9.53 Å². The molecule has 0 aromatic heterocycles. The highest BCUT2D eigenvalue weighted by molar-refractivity contribution is 5.76. The number of methoxy groups -OCH3 is 1. The topological polar surface area (TPSA) is 38.3 Å². The molecule has 1 aliphatic carbocycles. The summed E-state index contributed by atoms with van der Waals surface area (Å²) in [5.41, 5.74) is 1.34. The summed E-state index contributed by atoms with van der Waals surface area (Å²) in [4.78, 5) is 11.8. The molecule has 0 bridgehead atoms. The van der Waals surface area contributed by atoms with Gasteiger partial charge in [-0.05, 0) is 31.6 Å². The fraction of sp³-hybridized carbons (Fsp3) is 0.643. The maximum Gasteiger partial charge on any atom is 0.323 e. The van der Waals surface area contributed by atoms with E-state index < -0.39 is 0 Å². The monoisotopic (exact) mass is 235 g/mol. The van der Waals surface area contributed by atoms with Gasteiger partial charge in [-0.25, -0.2) is 0 Å². The molecule has 3 heteroatoms. The number of ether oxygens (including phenoxy) is 1. The van der Waals surface area contributed by atoms with Crippen molar-refractivity contribution in [3.05, 3.63) is 11.6 Å². The Balaban J connectivity index is 2.73. The van der Waals surface area contributed by atoms with E-state index in [1.165, 1.54) is 12.7 Å². The van der Waals surface area contributed by atoms with Gasteiger partial charge in [-0.3, -0.25) is 10.1 Å². The Hall–Kier alpha value is -1.27. The maximum atomic E-state index is 11.8. The van der Waals surface area contributed by atoms with Crippen molar-refractivity contribution in [2.24, 2.45) is 11.8 Å². The van der Waals surface area contributed by atoms with Crippen molar-refractivity contribution in [3.63, 3.8) is 0 Å². The fourth-order valence-corrected chi connectivity index (χ4v) is 2.59. The van der Waals surface area contributed by atoms with Crippen molar-refractivity contribution in [3.8, 4) is 12.3 Å². The highest BCUT2D eigenvalue weighted by atomic mass is 16.5. The number of carbonyl (C=O) groups excluding carboxylic acids is 1. The van der Waals surface area contributed by atoms with Crippen LogP contribution in [0.5, 0.6) is 0 Å². The van der Waals surface area contributed by atoms with E-state index in [-0.39, 0.29) is 17.9 Å². The summed E-state index contributed by atoms with van der Waals surface area (Å²) >= 11 is 0. The van der Waals surface area contributed by atoms with Gasteiger partial charge in [0.2, 0.25) is 0 Å². The smallest absolute Gasteiger partial charge is 0.323 e. The molecule has 0 fully saturated rings. The second kappa shape index (κ2) is 6.46. The lowest BCUT2D eigenvalue weighted by atomic mass is 9.79. The maximum absolute atomic E-state index is 11.8. The minimum absolute atomic E-state index is 0.216. The highest BCUT2D eigenvalue weighted by Gasteiger charge is 2.31. The van der Waals surface area contributed by atoms with Crippen molar-refractivity contribution in [1.82, 2.24) is 5.32 Å². The zero-order valence-electron chi connectivity index (χ0n) is 10.8. The molecule has 0 aromatic rings. The van der Waals surface area contributed by atoms with Crippen LogP contribution in [-0.4, -0.2) is 25.7 Å². The number of esters is 1. The molecular formula is C14H21NO2. The molecule has 3 atom stereocenters. The molecule has 1 rings (SSSR count). The molecule has 17 heavy (non-hydrogen) atoms. The van der Waals surface area contributed by atoms with Crippen LogP contribution in [0.4, 0.5) is 0 Å². The van der Waals surface area contributed by atoms with E-state index in [9.17, 15) is 4.79 Å². The summed E-state index contributed by atoms with van der Waals surface area (Å²) in [5, 5.41) is 3.09. The Kier molecular flexibility index (Phi) is 5.24. The standard InChI is InChI=1S/C14H21NO2/c1-5-6-15-13(14(16)17-4)12-8-10(2)7-11(3)9-12/h1,7,10,12-13,15H,6,8-9H2,2-4H3. The normalized spacial score (nSPS) is 25.6. The summed E-state index contributed by atoms with van der Waals surface area (Å²) in [5.74, 6) is 3.07. The SMILES string of the molecule is C#CCNC(C(=O)OC)C1CC(C)=CC(C)C1. The lowest BCUT2D eigenvalue weighted by molar-refractivity contribution is -0.144. The molecule has 1 N–H and O–H groups in total. The molecule has 1 aliphatic rings. The zero-order chi connectivity index (χ0) is 12.8. The van der Waals surface area contributed by atoms with Gasteiger partial charge in [0.05, 0.1) is 13.7 Å². The number of terminal acetylenes is 1. The third-order valence-electron chi connectivity index (χ3n) is 3.18. The number of hydrogen-bond acceptors (Lipinski definition) is 3. The van der Waals surface area contributed by atoms with Crippen LogP contribution in [0.3, 0.4) is 0 Å². The predicted molar refractivity (Wildman–Crippen MR) is 68.3 cm³/mol. The second-order valence-corrected chi connectivity index (χ2v) is 4.78. The molecule has 0 radical (unpaired) electrons. The lowest BCUT2D eigenvalue weighted by Crippen LogP contribution is -2.45. The number of allylic oxidation sites excluding steroid dienone is 2.